The van der Waals surface area contributed by atoms with Crippen molar-refractivity contribution in [3.05, 3.63) is 58.1 Å². The van der Waals surface area contributed by atoms with Crippen molar-refractivity contribution in [3.8, 4) is 5.75 Å². The first kappa shape index (κ1) is 17.9. The van der Waals surface area contributed by atoms with Gasteiger partial charge in [-0.15, -0.1) is 0 Å². The second-order valence-electron chi connectivity index (χ2n) is 6.77. The Kier molecular flexibility index (Phi) is 4.34. The lowest BCUT2D eigenvalue weighted by atomic mass is 9.90. The molecule has 0 spiro atoms. The Bertz CT molecular complexity index is 915. The molecule has 7 heteroatoms. The number of urea groups is 1. The number of fused-ring (bicyclic) bond motifs is 4. The van der Waals surface area contributed by atoms with Crippen molar-refractivity contribution in [2.24, 2.45) is 0 Å². The highest BCUT2D eigenvalue weighted by molar-refractivity contribution is 9.10. The van der Waals surface area contributed by atoms with Gasteiger partial charge in [0, 0.05) is 22.1 Å². The molecule has 2 amide bonds. The fraction of sp³-hybridized carbons (Fsp3) is 0.300. The summed E-state index contributed by atoms with van der Waals surface area (Å²) in [7, 11) is 0. The van der Waals surface area contributed by atoms with E-state index in [1.807, 2.05) is 25.1 Å². The summed E-state index contributed by atoms with van der Waals surface area (Å²) in [4.78, 5) is 26.3. The SMILES string of the molecule is CCOC(=O)c1ccc(N2C(=O)N[C@@H]3C[C@]2(C)Oc2ccc(Br)cc23)cc1. The smallest absolute Gasteiger partial charge is 0.338 e. The van der Waals surface area contributed by atoms with Crippen molar-refractivity contribution in [1.29, 1.82) is 0 Å². The van der Waals surface area contributed by atoms with Gasteiger partial charge in [-0.05, 0) is 56.3 Å². The normalized spacial score (nSPS) is 23.1. The summed E-state index contributed by atoms with van der Waals surface area (Å²) in [6, 6.07) is 12.2. The van der Waals surface area contributed by atoms with Gasteiger partial charge in [-0.3, -0.25) is 4.90 Å². The Morgan fingerprint density at radius 1 is 1.33 bits per heavy atom. The molecule has 2 bridgehead atoms. The molecule has 0 unspecified atom stereocenters. The number of anilines is 1. The summed E-state index contributed by atoms with van der Waals surface area (Å²) < 4.78 is 12.2. The minimum absolute atomic E-state index is 0.112. The van der Waals surface area contributed by atoms with Gasteiger partial charge in [0.05, 0.1) is 18.2 Å². The number of nitrogens with zero attached hydrogens (tertiary/aromatic N) is 1. The molecular weight excluding hydrogens is 412 g/mol. The summed E-state index contributed by atoms with van der Waals surface area (Å²) in [6.45, 7) is 3.99. The first-order chi connectivity index (χ1) is 12.9. The van der Waals surface area contributed by atoms with Crippen molar-refractivity contribution < 1.29 is 19.1 Å². The Balaban J connectivity index is 1.67. The van der Waals surface area contributed by atoms with Gasteiger partial charge < -0.3 is 14.8 Å². The summed E-state index contributed by atoms with van der Waals surface area (Å²) in [5.74, 6) is 0.372. The molecule has 1 fully saturated rings. The number of benzene rings is 2. The minimum Gasteiger partial charge on any atom is -0.467 e. The van der Waals surface area contributed by atoms with Crippen molar-refractivity contribution in [3.63, 3.8) is 0 Å². The number of hydrogen-bond donors (Lipinski definition) is 1. The fourth-order valence-electron chi connectivity index (χ4n) is 3.70. The summed E-state index contributed by atoms with van der Waals surface area (Å²) in [5.41, 5.74) is 1.24. The van der Waals surface area contributed by atoms with Crippen LogP contribution in [0.1, 0.15) is 42.2 Å². The molecular formula is C20H19BrN2O4. The molecule has 1 N–H and O–H groups in total. The van der Waals surface area contributed by atoms with E-state index in [4.69, 9.17) is 9.47 Å². The molecule has 1 saturated heterocycles. The molecule has 2 heterocycles. The third-order valence-corrected chi connectivity index (χ3v) is 5.36. The van der Waals surface area contributed by atoms with Gasteiger partial charge in [0.25, 0.3) is 0 Å². The number of rotatable bonds is 3. The third kappa shape index (κ3) is 3.06. The summed E-state index contributed by atoms with van der Waals surface area (Å²) in [5, 5.41) is 3.06. The van der Waals surface area contributed by atoms with E-state index in [9.17, 15) is 9.59 Å². The van der Waals surface area contributed by atoms with Crippen LogP contribution >= 0.6 is 15.9 Å². The van der Waals surface area contributed by atoms with Gasteiger partial charge in [-0.2, -0.15) is 0 Å². The molecule has 0 saturated carbocycles. The Morgan fingerprint density at radius 2 is 2.07 bits per heavy atom. The van der Waals surface area contributed by atoms with Gasteiger partial charge in [-0.1, -0.05) is 15.9 Å². The van der Waals surface area contributed by atoms with Crippen molar-refractivity contribution in [2.75, 3.05) is 11.5 Å². The number of carbonyl (C=O) groups excluding carboxylic acids is 2. The van der Waals surface area contributed by atoms with E-state index in [1.54, 1.807) is 36.1 Å². The van der Waals surface area contributed by atoms with Crippen LogP contribution in [0, 0.1) is 0 Å². The second kappa shape index (κ2) is 6.56. The van der Waals surface area contributed by atoms with Crippen molar-refractivity contribution in [1.82, 2.24) is 5.32 Å². The topological polar surface area (TPSA) is 67.9 Å². The van der Waals surface area contributed by atoms with E-state index < -0.39 is 5.72 Å². The fourth-order valence-corrected chi connectivity index (χ4v) is 4.08. The molecule has 140 valence electrons. The van der Waals surface area contributed by atoms with Gasteiger partial charge in [0.15, 0.2) is 5.72 Å². The Labute approximate surface area is 165 Å². The zero-order chi connectivity index (χ0) is 19.2. The average molecular weight is 431 g/mol. The average Bonchev–Trinajstić information content (AvgIpc) is 2.62. The van der Waals surface area contributed by atoms with Crippen LogP contribution in [0.15, 0.2) is 46.9 Å². The number of halogens is 1. The minimum atomic E-state index is -0.820. The highest BCUT2D eigenvalue weighted by atomic mass is 79.9. The maximum absolute atomic E-state index is 12.9. The zero-order valence-corrected chi connectivity index (χ0v) is 16.6. The molecule has 2 aliphatic rings. The Morgan fingerprint density at radius 3 is 2.78 bits per heavy atom. The predicted molar refractivity (Wildman–Crippen MR) is 104 cm³/mol. The van der Waals surface area contributed by atoms with E-state index in [1.165, 1.54) is 0 Å². The van der Waals surface area contributed by atoms with E-state index in [0.29, 0.717) is 24.3 Å². The molecule has 2 aromatic carbocycles. The van der Waals surface area contributed by atoms with Crippen LogP contribution in [0.5, 0.6) is 5.75 Å². The second-order valence-corrected chi connectivity index (χ2v) is 7.68. The van der Waals surface area contributed by atoms with Crippen molar-refractivity contribution >= 4 is 33.6 Å². The lowest BCUT2D eigenvalue weighted by molar-refractivity contribution is 0.0378. The first-order valence-corrected chi connectivity index (χ1v) is 9.57. The lowest BCUT2D eigenvalue weighted by Gasteiger charge is -2.50. The molecule has 0 aromatic heterocycles. The maximum atomic E-state index is 12.9. The van der Waals surface area contributed by atoms with E-state index in [-0.39, 0.29) is 18.0 Å². The number of nitrogens with one attached hydrogen (secondary N) is 1. The molecule has 2 aromatic rings. The van der Waals surface area contributed by atoms with Crippen LogP contribution in [-0.2, 0) is 4.74 Å². The highest BCUT2D eigenvalue weighted by Gasteiger charge is 2.49. The van der Waals surface area contributed by atoms with Gasteiger partial charge in [-0.25, -0.2) is 9.59 Å². The number of carbonyl (C=O) groups is 2. The van der Waals surface area contributed by atoms with Crippen LogP contribution in [0.25, 0.3) is 0 Å². The molecule has 2 aliphatic heterocycles. The number of amides is 2. The molecule has 0 radical (unpaired) electrons. The highest BCUT2D eigenvalue weighted by Crippen LogP contribution is 2.46. The number of esters is 1. The third-order valence-electron chi connectivity index (χ3n) is 4.87. The maximum Gasteiger partial charge on any atom is 0.338 e. The molecule has 6 nitrogen and oxygen atoms in total. The molecule has 27 heavy (non-hydrogen) atoms. The number of ether oxygens (including phenoxy) is 2. The van der Waals surface area contributed by atoms with Gasteiger partial charge in [0.1, 0.15) is 5.75 Å². The van der Waals surface area contributed by atoms with E-state index in [0.717, 1.165) is 15.8 Å². The van der Waals surface area contributed by atoms with Crippen LogP contribution in [0.2, 0.25) is 0 Å². The molecule has 4 rings (SSSR count). The van der Waals surface area contributed by atoms with Crippen molar-refractivity contribution in [2.45, 2.75) is 32.0 Å². The van der Waals surface area contributed by atoms with E-state index in [2.05, 4.69) is 21.2 Å². The van der Waals surface area contributed by atoms with E-state index >= 15 is 0 Å². The standard InChI is InChI=1S/C20H19BrN2O4/c1-3-26-18(24)12-4-7-14(8-5-12)23-19(25)22-16-11-20(23,2)27-17-9-6-13(21)10-15(16)17/h4-10,16H,3,11H2,1-2H3,(H,22,25)/t16-,20+/m1/s1. The first-order valence-electron chi connectivity index (χ1n) is 8.77. The van der Waals surface area contributed by atoms with Crippen LogP contribution in [0.4, 0.5) is 10.5 Å². The largest absolute Gasteiger partial charge is 0.467 e. The lowest BCUT2D eigenvalue weighted by Crippen LogP contribution is -2.65. The quantitative estimate of drug-likeness (QED) is 0.732. The summed E-state index contributed by atoms with van der Waals surface area (Å²) in [6.07, 6.45) is 0.613. The van der Waals surface area contributed by atoms with Gasteiger partial charge >= 0.3 is 12.0 Å². The number of hydrogen-bond acceptors (Lipinski definition) is 4. The molecule has 0 aliphatic carbocycles. The Hall–Kier alpha value is -2.54. The van der Waals surface area contributed by atoms with Crippen LogP contribution < -0.4 is 15.0 Å². The van der Waals surface area contributed by atoms with Gasteiger partial charge in [0.2, 0.25) is 0 Å². The van der Waals surface area contributed by atoms with Crippen LogP contribution in [-0.4, -0.2) is 24.3 Å². The monoisotopic (exact) mass is 430 g/mol. The molecule has 2 atom stereocenters. The predicted octanol–water partition coefficient (Wildman–Crippen LogP) is 4.40. The summed E-state index contributed by atoms with van der Waals surface area (Å²) >= 11 is 3.47. The zero-order valence-electron chi connectivity index (χ0n) is 15.0. The van der Waals surface area contributed by atoms with Crippen LogP contribution in [0.3, 0.4) is 0 Å².